The van der Waals surface area contributed by atoms with Crippen LogP contribution in [0.25, 0.3) is 56.3 Å². The molecular formula is C93H126N5+5. The third-order valence-corrected chi connectivity index (χ3v) is 17.2. The lowest BCUT2D eigenvalue weighted by Crippen LogP contribution is -2.32. The van der Waals surface area contributed by atoms with E-state index in [0.717, 1.165) is 55.9 Å². The average molecular weight is 1340 g/mol. The van der Waals surface area contributed by atoms with E-state index in [9.17, 15) is 0 Å². The van der Waals surface area contributed by atoms with Crippen LogP contribution in [-0.4, -0.2) is 0 Å². The van der Waals surface area contributed by atoms with Gasteiger partial charge in [0.05, 0.1) is 0 Å². The fraction of sp³-hybridized carbons (Fsp3) is 0.409. The minimum atomic E-state index is -2.47. The molecule has 98 heavy (non-hydrogen) atoms. The van der Waals surface area contributed by atoms with Gasteiger partial charge in [0.1, 0.15) is 35.2 Å². The minimum absolute atomic E-state index is 0.0177. The van der Waals surface area contributed by atoms with Crippen LogP contribution in [0.5, 0.6) is 0 Å². The van der Waals surface area contributed by atoms with Gasteiger partial charge in [0.25, 0.3) is 0 Å². The van der Waals surface area contributed by atoms with Gasteiger partial charge in [-0.2, -0.15) is 0 Å². The molecule has 0 aliphatic heterocycles. The van der Waals surface area contributed by atoms with Gasteiger partial charge < -0.3 is 0 Å². The van der Waals surface area contributed by atoms with Gasteiger partial charge in [-0.15, -0.1) is 0 Å². The molecule has 10 rings (SSSR count). The Kier molecular flexibility index (Phi) is 16.3. The summed E-state index contributed by atoms with van der Waals surface area (Å²) in [5.41, 5.74) is 21.6. The summed E-state index contributed by atoms with van der Waals surface area (Å²) in [6.07, 6.45) is 3.50. The largest absolute Gasteiger partial charge is 0.212 e. The minimum Gasteiger partial charge on any atom is -0.201 e. The number of pyridine rings is 5. The van der Waals surface area contributed by atoms with E-state index in [1.807, 2.05) is 57.6 Å². The maximum atomic E-state index is 8.67. The van der Waals surface area contributed by atoms with Gasteiger partial charge in [0.15, 0.2) is 31.0 Å². The zero-order valence-electron chi connectivity index (χ0n) is 90.7. The van der Waals surface area contributed by atoms with Gasteiger partial charge in [-0.25, -0.2) is 22.8 Å². The summed E-state index contributed by atoms with van der Waals surface area (Å²) in [7, 11) is 9.24. The van der Waals surface area contributed by atoms with E-state index >= 15 is 0 Å². The Morgan fingerprint density at radius 3 is 1.28 bits per heavy atom. The van der Waals surface area contributed by atoms with Crippen LogP contribution in [0.4, 0.5) is 0 Å². The summed E-state index contributed by atoms with van der Waals surface area (Å²) in [4.78, 5) is 0. The van der Waals surface area contributed by atoms with Crippen molar-refractivity contribution in [3.63, 3.8) is 0 Å². The summed E-state index contributed by atoms with van der Waals surface area (Å²) in [6.45, 7) is 19.4. The van der Waals surface area contributed by atoms with E-state index in [4.69, 9.17) is 38.4 Å². The molecule has 0 N–H and O–H groups in total. The lowest BCUT2D eigenvalue weighted by molar-refractivity contribution is -0.661. The van der Waals surface area contributed by atoms with Gasteiger partial charge in [0.2, 0.25) is 28.5 Å². The third kappa shape index (κ3) is 21.2. The summed E-state index contributed by atoms with van der Waals surface area (Å²) >= 11 is 0. The lowest BCUT2D eigenvalue weighted by Gasteiger charge is -2.19. The number of hydrogen-bond acceptors (Lipinski definition) is 0. The van der Waals surface area contributed by atoms with Crippen LogP contribution in [-0.2, 0) is 54.4 Å². The zero-order valence-corrected chi connectivity index (χ0v) is 62.7. The SMILES string of the molecule is Cc1cc(C)c(C)c(-c2cc(C)c(C)c[n+]2C)c1.[2H]C([2H])([2H])c1cc(C)c(-c2cc(C([2H])([2H])C(C)C)c(C([2H])([2H])[2H])c[n+]2C)cc1C.[2H]C([2H])([2H])c1ccc(-c2cc(C([2H])([2H])C(C)(C)C)c(C([2H])([2H])[2H])c[n+]2C)c(C)c1.[2H]C([2H])([2H])c1ccc(-c2cc(C([2H])([2H])C(C)C)cc[n+]2C)c(C)c1.[2H]C([2H])([2H])c1ccc(-c2cc(C)c(C([2H])(C)C([2H])([2H])[2H])c[n+]2C)c(C)c1. The van der Waals surface area contributed by atoms with Crippen LogP contribution >= 0.6 is 0 Å². The molecule has 5 nitrogen and oxygen atoms in total. The molecule has 0 radical (unpaired) electrons. The van der Waals surface area contributed by atoms with Gasteiger partial charge in [-0.1, -0.05) is 133 Å². The highest BCUT2D eigenvalue weighted by molar-refractivity contribution is 5.67. The van der Waals surface area contributed by atoms with Crippen LogP contribution in [0.2, 0.25) is 0 Å². The Balaban J connectivity index is 0.000000245. The molecule has 0 saturated carbocycles. The highest BCUT2D eigenvalue weighted by atomic mass is 14.9. The van der Waals surface area contributed by atoms with Crippen molar-refractivity contribution < 1.29 is 61.2 Å². The average Bonchev–Trinajstić information content (AvgIpc) is 0.738. The van der Waals surface area contributed by atoms with Crippen molar-refractivity contribution in [3.8, 4) is 56.3 Å². The number of aromatic nitrogens is 5. The van der Waals surface area contributed by atoms with Gasteiger partial charge in [-0.3, -0.25) is 0 Å². The molecule has 10 aromatic rings. The van der Waals surface area contributed by atoms with Crippen LogP contribution in [0.1, 0.15) is 223 Å². The fourth-order valence-corrected chi connectivity index (χ4v) is 11.8. The number of hydrogen-bond donors (Lipinski definition) is 0. The summed E-state index contributed by atoms with van der Waals surface area (Å²) < 4.78 is 230. The number of benzene rings is 5. The van der Waals surface area contributed by atoms with Crippen LogP contribution in [0.15, 0.2) is 146 Å². The van der Waals surface area contributed by atoms with E-state index in [0.29, 0.717) is 39.2 Å². The van der Waals surface area contributed by atoms with Crippen molar-refractivity contribution >= 4 is 0 Å². The molecule has 0 aliphatic rings. The molecule has 0 aliphatic carbocycles. The number of aryl methyl sites for hydroxylation is 21. The van der Waals surface area contributed by atoms with E-state index < -0.39 is 84.3 Å². The number of rotatable bonds is 11. The van der Waals surface area contributed by atoms with Crippen molar-refractivity contribution in [2.45, 2.75) is 205 Å². The monoisotopic (exact) mass is 1340 g/mol. The second-order valence-corrected chi connectivity index (χ2v) is 28.0. The van der Waals surface area contributed by atoms with Crippen LogP contribution in [0.3, 0.4) is 0 Å². The maximum Gasteiger partial charge on any atom is 0.212 e. The molecular weight excluding hydrogens is 1190 g/mol. The Labute approximate surface area is 635 Å². The Hall–Kier alpha value is -8.15. The summed E-state index contributed by atoms with van der Waals surface area (Å²) in [6, 6.07) is 33.9. The quantitative estimate of drug-likeness (QED) is 0.115. The summed E-state index contributed by atoms with van der Waals surface area (Å²) in [5, 5.41) is 0. The van der Waals surface area contributed by atoms with Crippen LogP contribution in [0, 0.1) is 135 Å². The predicted octanol–water partition coefficient (Wildman–Crippen LogP) is 21.2. The zero-order chi connectivity index (χ0) is 96.9. The van der Waals surface area contributed by atoms with Crippen molar-refractivity contribution in [2.75, 3.05) is 0 Å². The normalized spacial score (nSPS) is 17.4. The topological polar surface area (TPSA) is 19.4 Å². The van der Waals surface area contributed by atoms with Crippen molar-refractivity contribution in [1.82, 2.24) is 0 Å². The molecule has 1 atom stereocenters. The lowest BCUT2D eigenvalue weighted by atomic mass is 9.86. The predicted molar refractivity (Wildman–Crippen MR) is 420 cm³/mol. The van der Waals surface area contributed by atoms with Gasteiger partial charge in [-0.05, 0) is 262 Å². The molecule has 0 amide bonds. The Morgan fingerprint density at radius 1 is 0.357 bits per heavy atom. The molecule has 5 heterocycles. The molecule has 5 heteroatoms. The first kappa shape index (κ1) is 47.0. The molecule has 0 bridgehead atoms. The molecule has 1 unspecified atom stereocenters. The van der Waals surface area contributed by atoms with Crippen molar-refractivity contribution in [1.29, 1.82) is 0 Å². The summed E-state index contributed by atoms with van der Waals surface area (Å²) in [5.74, 6) is -2.28. The van der Waals surface area contributed by atoms with Crippen molar-refractivity contribution in [2.24, 2.45) is 52.5 Å². The second-order valence-electron chi connectivity index (χ2n) is 28.0. The maximum absolute atomic E-state index is 8.67. The van der Waals surface area contributed by atoms with E-state index in [2.05, 4.69) is 70.6 Å². The van der Waals surface area contributed by atoms with E-state index in [1.165, 1.54) is 64.5 Å². The first-order valence-electron chi connectivity index (χ1n) is 47.5. The highest BCUT2D eigenvalue weighted by Crippen LogP contribution is 2.32. The van der Waals surface area contributed by atoms with E-state index in [1.54, 1.807) is 182 Å². The van der Waals surface area contributed by atoms with Crippen molar-refractivity contribution in [3.05, 3.63) is 263 Å². The standard InChI is InChI=1S/2C20H28N.2C18H24N.C17H22N/c1-13(2)8-18-11-20(21(7)12-17(18)6)19-10-15(4)14(3)9-16(19)5;1-14-8-9-18(15(2)10-14)19-11-17(12-20(4,5)6)16(3)13-21(19)7;1-12(2)17-11-19(6)18(10-15(17)5)16-8-7-13(3)9-14(16)4;1-13(2)10-16-8-9-19(5)18(12-16)17-7-6-14(3)11-15(17)4;1-11-7-13(3)15(5)16(8-11)17-9-12(2)14(4)10-18(17)6/h9-13H,8H2,1-7H3;8-11,13H,12H2,1-7H3;7-12H,1-6H3;6-9,11-13H,10H2,1-5H3;7-10H,1-6H3/q5*+1/i3D3,6D3,8D2;1D3,3D3,12D2;1D3,3D3,12D;3D3,10D2;. The van der Waals surface area contributed by atoms with Gasteiger partial charge >= 0.3 is 0 Å². The third-order valence-electron chi connectivity index (χ3n) is 17.2. The van der Waals surface area contributed by atoms with Crippen LogP contribution < -0.4 is 22.8 Å². The first-order valence-corrected chi connectivity index (χ1v) is 33.5. The molecule has 5 aromatic carbocycles. The molecule has 0 saturated heterocycles. The van der Waals surface area contributed by atoms with Gasteiger partial charge in [0, 0.05) is 125 Å². The highest BCUT2D eigenvalue weighted by Gasteiger charge is 2.23. The second kappa shape index (κ2) is 34.1. The molecule has 0 spiro atoms. The molecule has 518 valence electrons. The first-order chi connectivity index (χ1) is 56.8. The fourth-order valence-electron chi connectivity index (χ4n) is 11.8. The smallest absolute Gasteiger partial charge is 0.201 e. The Bertz CT molecular complexity index is 5630. The molecule has 0 fully saturated rings. The number of nitrogens with zero attached hydrogens (tertiary/aromatic N) is 5. The molecule has 5 aromatic heterocycles. The van der Waals surface area contributed by atoms with E-state index in [-0.39, 0.29) is 44.9 Å². The Morgan fingerprint density at radius 2 is 0.786 bits per heavy atom.